The first-order valence-corrected chi connectivity index (χ1v) is 14.3. The minimum absolute atomic E-state index is 0.0566. The predicted molar refractivity (Wildman–Crippen MR) is 140 cm³/mol. The van der Waals surface area contributed by atoms with Gasteiger partial charge in [0.2, 0.25) is 5.91 Å². The van der Waals surface area contributed by atoms with Gasteiger partial charge in [-0.2, -0.15) is 8.42 Å². The average Bonchev–Trinajstić information content (AvgIpc) is 3.19. The van der Waals surface area contributed by atoms with E-state index in [0.717, 1.165) is 5.56 Å². The fourth-order valence-electron chi connectivity index (χ4n) is 4.01. The third-order valence-electron chi connectivity index (χ3n) is 5.98. The van der Waals surface area contributed by atoms with Gasteiger partial charge in [0.25, 0.3) is 10.0 Å². The number of carbonyl (C=O) groups excluding carboxylic acids is 2. The Labute approximate surface area is 221 Å². The molecular formula is C25H26N4O7S2. The van der Waals surface area contributed by atoms with E-state index in [2.05, 4.69) is 5.32 Å². The number of benzene rings is 3. The van der Waals surface area contributed by atoms with Crippen molar-refractivity contribution in [2.75, 3.05) is 19.1 Å². The molecule has 0 saturated heterocycles. The molecule has 1 unspecified atom stereocenters. The zero-order valence-corrected chi connectivity index (χ0v) is 22.2. The first-order chi connectivity index (χ1) is 18.0. The lowest BCUT2D eigenvalue weighted by atomic mass is 10.0. The van der Waals surface area contributed by atoms with E-state index in [1.54, 1.807) is 65.4 Å². The number of hydrogen-bond acceptors (Lipinski definition) is 7. The summed E-state index contributed by atoms with van der Waals surface area (Å²) in [6.45, 7) is -0.451. The van der Waals surface area contributed by atoms with Crippen molar-refractivity contribution in [3.63, 3.8) is 0 Å². The first kappa shape index (κ1) is 27.1. The summed E-state index contributed by atoms with van der Waals surface area (Å²) in [4.78, 5) is 27.4. The number of ether oxygens (including phenoxy) is 1. The van der Waals surface area contributed by atoms with Gasteiger partial charge in [0.1, 0.15) is 11.8 Å². The summed E-state index contributed by atoms with van der Waals surface area (Å²) in [5.41, 5.74) is 1.52. The molecule has 1 aliphatic heterocycles. The molecule has 38 heavy (non-hydrogen) atoms. The SMILES string of the molecule is COc1ccc(N(C)C(=O)C(Cc2ccccc2)NC(=O)NS(=O)(=O)N2Cc3ccccc3S2(=O)=O)cc1. The van der Waals surface area contributed by atoms with Crippen molar-refractivity contribution in [1.29, 1.82) is 0 Å². The summed E-state index contributed by atoms with van der Waals surface area (Å²) in [5.74, 6) is 0.0740. The molecule has 0 aliphatic carbocycles. The summed E-state index contributed by atoms with van der Waals surface area (Å²) >= 11 is 0. The molecule has 13 heteroatoms. The van der Waals surface area contributed by atoms with Crippen molar-refractivity contribution in [3.8, 4) is 5.75 Å². The quantitative estimate of drug-likeness (QED) is 0.431. The van der Waals surface area contributed by atoms with E-state index in [4.69, 9.17) is 4.74 Å². The van der Waals surface area contributed by atoms with Gasteiger partial charge in [-0.3, -0.25) is 4.79 Å². The average molecular weight is 559 g/mol. The highest BCUT2D eigenvalue weighted by Gasteiger charge is 2.43. The zero-order valence-electron chi connectivity index (χ0n) is 20.6. The second kappa shape index (κ2) is 10.8. The summed E-state index contributed by atoms with van der Waals surface area (Å²) < 4.78 is 58.5. The van der Waals surface area contributed by atoms with Crippen LogP contribution in [-0.2, 0) is 38.0 Å². The molecule has 0 aromatic heterocycles. The lowest BCUT2D eigenvalue weighted by Crippen LogP contribution is -2.54. The van der Waals surface area contributed by atoms with Crippen LogP contribution in [0.3, 0.4) is 0 Å². The van der Waals surface area contributed by atoms with Crippen LogP contribution in [0, 0.1) is 0 Å². The van der Waals surface area contributed by atoms with Crippen LogP contribution in [0.4, 0.5) is 10.5 Å². The minimum Gasteiger partial charge on any atom is -0.497 e. The molecule has 0 fully saturated rings. The van der Waals surface area contributed by atoms with Gasteiger partial charge in [0, 0.05) is 19.2 Å². The van der Waals surface area contributed by atoms with Crippen LogP contribution in [0.25, 0.3) is 0 Å². The molecule has 0 bridgehead atoms. The van der Waals surface area contributed by atoms with Gasteiger partial charge >= 0.3 is 16.2 Å². The molecule has 3 aromatic rings. The first-order valence-electron chi connectivity index (χ1n) is 11.4. The number of likely N-dealkylation sites (N-methyl/N-ethyl adjacent to an activating group) is 1. The Kier molecular flexibility index (Phi) is 7.71. The van der Waals surface area contributed by atoms with Gasteiger partial charge in [-0.1, -0.05) is 52.2 Å². The highest BCUT2D eigenvalue weighted by Crippen LogP contribution is 2.31. The monoisotopic (exact) mass is 558 g/mol. The van der Waals surface area contributed by atoms with Gasteiger partial charge < -0.3 is 15.0 Å². The summed E-state index contributed by atoms with van der Waals surface area (Å²) in [6.07, 6.45) is 0.0566. The van der Waals surface area contributed by atoms with E-state index in [1.807, 2.05) is 0 Å². The van der Waals surface area contributed by atoms with Crippen molar-refractivity contribution in [1.82, 2.24) is 13.7 Å². The maximum absolute atomic E-state index is 13.4. The Morgan fingerprint density at radius 3 is 2.26 bits per heavy atom. The number of rotatable bonds is 8. The normalized spacial score (nSPS) is 15.2. The molecule has 0 saturated carbocycles. The maximum atomic E-state index is 13.4. The smallest absolute Gasteiger partial charge is 0.330 e. The molecule has 3 amide bonds. The predicted octanol–water partition coefficient (Wildman–Crippen LogP) is 2.02. The second-order valence-corrected chi connectivity index (χ2v) is 12.1. The number of urea groups is 1. The number of sulfonamides is 1. The summed E-state index contributed by atoms with van der Waals surface area (Å²) in [6, 6.07) is 19.0. The Balaban J connectivity index is 1.54. The number of carbonyl (C=O) groups is 2. The molecule has 0 spiro atoms. The molecule has 0 radical (unpaired) electrons. The van der Waals surface area contributed by atoms with E-state index in [9.17, 15) is 26.4 Å². The van der Waals surface area contributed by atoms with Crippen LogP contribution in [0.5, 0.6) is 5.75 Å². The van der Waals surface area contributed by atoms with E-state index < -0.39 is 44.8 Å². The molecule has 1 aliphatic rings. The number of nitrogens with zero attached hydrogens (tertiary/aromatic N) is 2. The van der Waals surface area contributed by atoms with Crippen molar-refractivity contribution < 1.29 is 31.2 Å². The molecule has 1 heterocycles. The number of fused-ring (bicyclic) bond motifs is 1. The summed E-state index contributed by atoms with van der Waals surface area (Å²) in [5, 5.41) is 2.40. The van der Waals surface area contributed by atoms with Crippen LogP contribution in [-0.4, -0.2) is 52.7 Å². The van der Waals surface area contributed by atoms with E-state index in [-0.39, 0.29) is 20.6 Å². The lowest BCUT2D eigenvalue weighted by molar-refractivity contribution is -0.120. The topological polar surface area (TPSA) is 142 Å². The minimum atomic E-state index is -4.81. The van der Waals surface area contributed by atoms with Gasteiger partial charge in [0.05, 0.1) is 18.6 Å². The zero-order chi connectivity index (χ0) is 27.5. The van der Waals surface area contributed by atoms with E-state index in [0.29, 0.717) is 11.4 Å². The standard InChI is InChI=1S/C25H26N4O7S2/c1-28(20-12-14-21(36-2)15-13-20)24(30)22(16-18-8-4-3-5-9-18)26-25(31)27-38(34,35)29-17-19-10-6-7-11-23(19)37(29,32)33/h3-15,22H,16-17H2,1-2H3,(H2,26,27,31). The van der Waals surface area contributed by atoms with E-state index >= 15 is 0 Å². The Morgan fingerprint density at radius 1 is 1.00 bits per heavy atom. The van der Waals surface area contributed by atoms with Crippen LogP contribution in [0.15, 0.2) is 83.8 Å². The molecule has 1 atom stereocenters. The van der Waals surface area contributed by atoms with Crippen molar-refractivity contribution >= 4 is 37.9 Å². The van der Waals surface area contributed by atoms with Crippen LogP contribution in [0.2, 0.25) is 0 Å². The van der Waals surface area contributed by atoms with Crippen molar-refractivity contribution in [3.05, 3.63) is 90.0 Å². The largest absolute Gasteiger partial charge is 0.497 e. The molecule has 3 aromatic carbocycles. The lowest BCUT2D eigenvalue weighted by Gasteiger charge is -2.25. The number of methoxy groups -OCH3 is 1. The molecule has 11 nitrogen and oxygen atoms in total. The number of nitrogens with one attached hydrogen (secondary N) is 2. The number of anilines is 1. The number of hydrogen-bond donors (Lipinski definition) is 2. The van der Waals surface area contributed by atoms with Crippen LogP contribution >= 0.6 is 0 Å². The third kappa shape index (κ3) is 5.64. The molecule has 200 valence electrons. The molecule has 2 N–H and O–H groups in total. The van der Waals surface area contributed by atoms with Crippen LogP contribution in [0.1, 0.15) is 11.1 Å². The highest BCUT2D eigenvalue weighted by molar-refractivity contribution is 8.03. The Hall–Kier alpha value is -3.94. The van der Waals surface area contributed by atoms with Crippen molar-refractivity contribution in [2.45, 2.75) is 23.9 Å². The van der Waals surface area contributed by atoms with Crippen LogP contribution < -0.4 is 19.7 Å². The molecular weight excluding hydrogens is 532 g/mol. The van der Waals surface area contributed by atoms with Crippen molar-refractivity contribution in [2.24, 2.45) is 0 Å². The van der Waals surface area contributed by atoms with Gasteiger partial charge in [-0.05, 0) is 41.5 Å². The second-order valence-electron chi connectivity index (χ2n) is 8.46. The maximum Gasteiger partial charge on any atom is 0.330 e. The molecule has 4 rings (SSSR count). The van der Waals surface area contributed by atoms with Gasteiger partial charge in [-0.25, -0.2) is 17.9 Å². The highest BCUT2D eigenvalue weighted by atomic mass is 32.3. The number of amides is 3. The Morgan fingerprint density at radius 2 is 1.63 bits per heavy atom. The van der Waals surface area contributed by atoms with Gasteiger partial charge in [-0.15, -0.1) is 0 Å². The van der Waals surface area contributed by atoms with Gasteiger partial charge in [0.15, 0.2) is 0 Å². The summed E-state index contributed by atoms with van der Waals surface area (Å²) in [7, 11) is -6.16. The fourth-order valence-corrected chi connectivity index (χ4v) is 7.34. The fraction of sp³-hybridized carbons (Fsp3) is 0.200. The Bertz CT molecular complexity index is 1540. The third-order valence-corrected chi connectivity index (χ3v) is 9.89. The van der Waals surface area contributed by atoms with E-state index in [1.165, 1.54) is 37.3 Å².